The van der Waals surface area contributed by atoms with Crippen LogP contribution in [0.4, 0.5) is 5.82 Å². The quantitative estimate of drug-likeness (QED) is 0.829. The van der Waals surface area contributed by atoms with Crippen LogP contribution < -0.4 is 10.6 Å². The number of aryl methyl sites for hydroxylation is 1. The Morgan fingerprint density at radius 2 is 1.83 bits per heavy atom. The highest BCUT2D eigenvalue weighted by atomic mass is 32.1. The second-order valence-corrected chi connectivity index (χ2v) is 4.99. The van der Waals surface area contributed by atoms with Gasteiger partial charge >= 0.3 is 0 Å². The molecule has 0 saturated carbocycles. The van der Waals surface area contributed by atoms with Gasteiger partial charge in [0.05, 0.1) is 11.3 Å². The summed E-state index contributed by atoms with van der Waals surface area (Å²) in [7, 11) is 2.03. The van der Waals surface area contributed by atoms with Crippen molar-refractivity contribution in [2.24, 2.45) is 5.73 Å². The van der Waals surface area contributed by atoms with E-state index < -0.39 is 0 Å². The van der Waals surface area contributed by atoms with E-state index in [4.69, 9.17) is 18.0 Å². The first kappa shape index (κ1) is 14.8. The van der Waals surface area contributed by atoms with Crippen molar-refractivity contribution in [1.29, 1.82) is 0 Å². The highest BCUT2D eigenvalue weighted by Gasteiger charge is 2.20. The zero-order chi connectivity index (χ0) is 13.9. The summed E-state index contributed by atoms with van der Waals surface area (Å²) in [6.45, 7) is 8.24. The number of nitrogens with zero attached hydrogens (tertiary/aromatic N) is 3. The molecule has 1 rings (SSSR count). The van der Waals surface area contributed by atoms with Crippen molar-refractivity contribution in [3.63, 3.8) is 0 Å². The summed E-state index contributed by atoms with van der Waals surface area (Å²) in [6.07, 6.45) is 2.11. The fourth-order valence-electron chi connectivity index (χ4n) is 2.15. The largest absolute Gasteiger partial charge is 0.389 e. The van der Waals surface area contributed by atoms with Gasteiger partial charge in [-0.15, -0.1) is 5.10 Å². The molecule has 4 nitrogen and oxygen atoms in total. The average molecular weight is 266 g/mol. The molecule has 0 fully saturated rings. The van der Waals surface area contributed by atoms with Crippen LogP contribution in [-0.4, -0.2) is 28.3 Å². The highest BCUT2D eigenvalue weighted by molar-refractivity contribution is 7.80. The molecule has 5 heteroatoms. The van der Waals surface area contributed by atoms with Gasteiger partial charge in [0.2, 0.25) is 0 Å². The van der Waals surface area contributed by atoms with Crippen LogP contribution in [-0.2, 0) is 0 Å². The lowest BCUT2D eigenvalue weighted by Crippen LogP contribution is -2.34. The second-order valence-electron chi connectivity index (χ2n) is 4.55. The van der Waals surface area contributed by atoms with E-state index in [2.05, 4.69) is 28.9 Å². The van der Waals surface area contributed by atoms with E-state index >= 15 is 0 Å². The lowest BCUT2D eigenvalue weighted by molar-refractivity contribution is 0.583. The van der Waals surface area contributed by atoms with Gasteiger partial charge in [-0.25, -0.2) is 0 Å². The standard InChI is InChI=1S/C13H22N4S/c1-6-10(7-2)17(5)13-11(12(14)18)8(3)9(4)15-16-13/h10H,6-7H2,1-5H3,(H2,14,18). The zero-order valence-electron chi connectivity index (χ0n) is 11.8. The van der Waals surface area contributed by atoms with E-state index in [-0.39, 0.29) is 0 Å². The molecule has 0 atom stereocenters. The highest BCUT2D eigenvalue weighted by Crippen LogP contribution is 2.24. The Labute approximate surface area is 115 Å². The van der Waals surface area contributed by atoms with Crippen molar-refractivity contribution in [2.45, 2.75) is 46.6 Å². The van der Waals surface area contributed by atoms with Gasteiger partial charge in [-0.1, -0.05) is 26.1 Å². The average Bonchev–Trinajstić information content (AvgIpc) is 2.33. The van der Waals surface area contributed by atoms with Gasteiger partial charge in [-0.05, 0) is 32.3 Å². The molecular weight excluding hydrogens is 244 g/mol. The van der Waals surface area contributed by atoms with Crippen molar-refractivity contribution in [3.05, 3.63) is 16.8 Å². The van der Waals surface area contributed by atoms with Gasteiger partial charge in [0, 0.05) is 13.1 Å². The first-order valence-corrected chi connectivity index (χ1v) is 6.71. The zero-order valence-corrected chi connectivity index (χ0v) is 12.6. The van der Waals surface area contributed by atoms with Gasteiger partial charge in [0.15, 0.2) is 5.82 Å². The number of anilines is 1. The minimum Gasteiger partial charge on any atom is -0.389 e. The summed E-state index contributed by atoms with van der Waals surface area (Å²) >= 11 is 5.16. The van der Waals surface area contributed by atoms with Crippen molar-refractivity contribution >= 4 is 23.0 Å². The smallest absolute Gasteiger partial charge is 0.161 e. The molecule has 1 aromatic rings. The molecule has 0 bridgehead atoms. The molecule has 0 amide bonds. The SMILES string of the molecule is CCC(CC)N(C)c1nnc(C)c(C)c1C(N)=S. The van der Waals surface area contributed by atoms with Crippen LogP contribution in [0.1, 0.15) is 43.5 Å². The first-order chi connectivity index (χ1) is 8.43. The van der Waals surface area contributed by atoms with E-state index in [1.165, 1.54) is 0 Å². The van der Waals surface area contributed by atoms with Crippen LogP contribution in [0.25, 0.3) is 0 Å². The van der Waals surface area contributed by atoms with E-state index in [0.717, 1.165) is 35.5 Å². The molecule has 0 spiro atoms. The monoisotopic (exact) mass is 266 g/mol. The minimum atomic E-state index is 0.387. The number of aromatic nitrogens is 2. The first-order valence-electron chi connectivity index (χ1n) is 6.30. The van der Waals surface area contributed by atoms with Crippen LogP contribution in [0.3, 0.4) is 0 Å². The third-order valence-corrected chi connectivity index (χ3v) is 3.71. The van der Waals surface area contributed by atoms with E-state index in [9.17, 15) is 0 Å². The van der Waals surface area contributed by atoms with Gasteiger partial charge < -0.3 is 10.6 Å². The number of nitrogens with two attached hydrogens (primary N) is 1. The summed E-state index contributed by atoms with van der Waals surface area (Å²) in [4.78, 5) is 2.52. The maximum absolute atomic E-state index is 5.84. The summed E-state index contributed by atoms with van der Waals surface area (Å²) < 4.78 is 0. The van der Waals surface area contributed by atoms with Crippen LogP contribution >= 0.6 is 12.2 Å². The molecule has 0 radical (unpaired) electrons. The molecule has 0 aliphatic heterocycles. The normalized spacial score (nSPS) is 10.8. The minimum absolute atomic E-state index is 0.387. The Hall–Kier alpha value is -1.23. The molecule has 0 unspecified atom stereocenters. The Bertz CT molecular complexity index is 441. The molecule has 0 saturated heterocycles. The van der Waals surface area contributed by atoms with E-state index in [1.807, 2.05) is 20.9 Å². The summed E-state index contributed by atoms with van der Waals surface area (Å²) in [6, 6.07) is 0.425. The third kappa shape index (κ3) is 2.77. The molecule has 0 aliphatic carbocycles. The second kappa shape index (κ2) is 6.09. The number of rotatable bonds is 5. The Kier molecular flexibility index (Phi) is 5.02. The van der Waals surface area contributed by atoms with Gasteiger partial charge in [0.25, 0.3) is 0 Å². The molecule has 18 heavy (non-hydrogen) atoms. The van der Waals surface area contributed by atoms with Crippen LogP contribution in [0.5, 0.6) is 0 Å². The fourth-order valence-corrected chi connectivity index (χ4v) is 2.39. The van der Waals surface area contributed by atoms with E-state index in [0.29, 0.717) is 11.0 Å². The van der Waals surface area contributed by atoms with Crippen LogP contribution in [0, 0.1) is 13.8 Å². The van der Waals surface area contributed by atoms with Crippen molar-refractivity contribution in [3.8, 4) is 0 Å². The molecule has 100 valence electrons. The lowest BCUT2D eigenvalue weighted by Gasteiger charge is -2.29. The maximum atomic E-state index is 5.84. The van der Waals surface area contributed by atoms with Crippen molar-refractivity contribution < 1.29 is 0 Å². The maximum Gasteiger partial charge on any atom is 0.161 e. The van der Waals surface area contributed by atoms with Crippen LogP contribution in [0.2, 0.25) is 0 Å². The summed E-state index contributed by atoms with van der Waals surface area (Å²) in [5.41, 5.74) is 8.59. The van der Waals surface area contributed by atoms with Gasteiger partial charge in [-0.3, -0.25) is 0 Å². The van der Waals surface area contributed by atoms with Gasteiger partial charge in [0.1, 0.15) is 4.99 Å². The Morgan fingerprint density at radius 1 is 1.28 bits per heavy atom. The lowest BCUT2D eigenvalue weighted by atomic mass is 10.1. The predicted octanol–water partition coefficient (Wildman–Crippen LogP) is 2.35. The molecule has 2 N–H and O–H groups in total. The Balaban J connectivity index is 3.32. The molecule has 1 aromatic heterocycles. The number of hydrogen-bond acceptors (Lipinski definition) is 4. The fraction of sp³-hybridized carbons (Fsp3) is 0.615. The predicted molar refractivity (Wildman–Crippen MR) is 80.2 cm³/mol. The molecule has 0 aliphatic rings. The molecular formula is C13H22N4S. The summed E-state index contributed by atoms with van der Waals surface area (Å²) in [5, 5.41) is 8.47. The molecule has 1 heterocycles. The van der Waals surface area contributed by atoms with Gasteiger partial charge in [-0.2, -0.15) is 5.10 Å². The number of hydrogen-bond donors (Lipinski definition) is 1. The van der Waals surface area contributed by atoms with E-state index in [1.54, 1.807) is 0 Å². The van der Waals surface area contributed by atoms with Crippen LogP contribution in [0.15, 0.2) is 0 Å². The Morgan fingerprint density at radius 3 is 2.28 bits per heavy atom. The third-order valence-electron chi connectivity index (χ3n) is 3.51. The summed E-state index contributed by atoms with van der Waals surface area (Å²) in [5.74, 6) is 0.791. The van der Waals surface area contributed by atoms with Crippen molar-refractivity contribution in [2.75, 3.05) is 11.9 Å². The topological polar surface area (TPSA) is 55.0 Å². The number of thiocarbonyl (C=S) groups is 1. The van der Waals surface area contributed by atoms with Crippen molar-refractivity contribution in [1.82, 2.24) is 10.2 Å². The molecule has 0 aromatic carbocycles.